The van der Waals surface area contributed by atoms with Crippen LogP contribution in [0.1, 0.15) is 69.7 Å². The molecule has 176 valence electrons. The van der Waals surface area contributed by atoms with Gasteiger partial charge in [-0.05, 0) is 67.9 Å². The number of para-hydroxylation sites is 2. The molecule has 1 N–H and O–H groups in total. The topological polar surface area (TPSA) is 56.1 Å². The summed E-state index contributed by atoms with van der Waals surface area (Å²) in [6.45, 7) is 6.79. The number of rotatable bonds is 13. The molecule has 0 spiro atoms. The number of carbonyl (C=O) groups excluding carboxylic acids is 1. The SMILES string of the molecule is CC(C)c1ccc(OCCCn2c(CCCCCNC(=O)C3CC3)nc3ccccc32)cc1. The molecule has 0 unspecified atom stereocenters. The molecular formula is C28H37N3O2. The van der Waals surface area contributed by atoms with Crippen molar-refractivity contribution in [1.29, 1.82) is 0 Å². The van der Waals surface area contributed by atoms with Crippen molar-refractivity contribution in [2.75, 3.05) is 13.2 Å². The Morgan fingerprint density at radius 2 is 1.85 bits per heavy atom. The highest BCUT2D eigenvalue weighted by Gasteiger charge is 2.28. The summed E-state index contributed by atoms with van der Waals surface area (Å²) in [5.41, 5.74) is 3.60. The van der Waals surface area contributed by atoms with E-state index >= 15 is 0 Å². The molecule has 0 atom stereocenters. The Labute approximate surface area is 197 Å². The molecule has 4 rings (SSSR count). The van der Waals surface area contributed by atoms with Crippen LogP contribution >= 0.6 is 0 Å². The number of benzene rings is 2. The van der Waals surface area contributed by atoms with Gasteiger partial charge in [0.2, 0.25) is 5.91 Å². The minimum absolute atomic E-state index is 0.245. The van der Waals surface area contributed by atoms with Crippen LogP contribution in [0.25, 0.3) is 11.0 Å². The maximum atomic E-state index is 11.7. The molecule has 5 heteroatoms. The molecule has 1 aliphatic rings. The van der Waals surface area contributed by atoms with E-state index in [-0.39, 0.29) is 5.91 Å². The van der Waals surface area contributed by atoms with E-state index in [0.29, 0.717) is 18.4 Å². The molecule has 0 radical (unpaired) electrons. The summed E-state index contributed by atoms with van der Waals surface area (Å²) in [5, 5.41) is 3.06. The maximum absolute atomic E-state index is 11.7. The second-order valence-electron chi connectivity index (χ2n) is 9.47. The number of hydrogen-bond acceptors (Lipinski definition) is 3. The fourth-order valence-electron chi connectivity index (χ4n) is 4.21. The van der Waals surface area contributed by atoms with Gasteiger partial charge in [0.05, 0.1) is 17.6 Å². The molecule has 1 fully saturated rings. The lowest BCUT2D eigenvalue weighted by molar-refractivity contribution is -0.122. The maximum Gasteiger partial charge on any atom is 0.223 e. The number of hydrogen-bond donors (Lipinski definition) is 1. The van der Waals surface area contributed by atoms with Gasteiger partial charge in [-0.25, -0.2) is 4.98 Å². The number of unbranched alkanes of at least 4 members (excludes halogenated alkanes) is 2. The monoisotopic (exact) mass is 447 g/mol. The lowest BCUT2D eigenvalue weighted by atomic mass is 10.0. The standard InChI is InChI=1S/C28H37N3O2/c1-21(2)22-14-16-24(17-15-22)33-20-8-19-31-26-10-6-5-9-25(26)30-27(31)11-4-3-7-18-29-28(32)23-12-13-23/h5-6,9-10,14-17,21,23H,3-4,7-8,11-13,18-20H2,1-2H3,(H,29,32). The average Bonchev–Trinajstić information content (AvgIpc) is 3.62. The molecule has 0 aliphatic heterocycles. The molecule has 1 amide bonds. The molecule has 1 heterocycles. The summed E-state index contributed by atoms with van der Waals surface area (Å²) in [6.07, 6.45) is 7.25. The number of fused-ring (bicyclic) bond motifs is 1. The molecular weight excluding hydrogens is 410 g/mol. The molecule has 33 heavy (non-hydrogen) atoms. The minimum atomic E-state index is 0.245. The number of imidazole rings is 1. The van der Waals surface area contributed by atoms with Gasteiger partial charge < -0.3 is 14.6 Å². The van der Waals surface area contributed by atoms with E-state index in [1.54, 1.807) is 0 Å². The quantitative estimate of drug-likeness (QED) is 0.334. The third-order valence-corrected chi connectivity index (χ3v) is 6.40. The number of amides is 1. The zero-order valence-corrected chi connectivity index (χ0v) is 20.1. The van der Waals surface area contributed by atoms with Crippen molar-refractivity contribution >= 4 is 16.9 Å². The molecule has 1 saturated carbocycles. The average molecular weight is 448 g/mol. The Kier molecular flexibility index (Phi) is 8.03. The Bertz CT molecular complexity index is 1030. The van der Waals surface area contributed by atoms with Crippen molar-refractivity contribution < 1.29 is 9.53 Å². The van der Waals surface area contributed by atoms with Crippen LogP contribution in [0.3, 0.4) is 0 Å². The van der Waals surface area contributed by atoms with Crippen LogP contribution < -0.4 is 10.1 Å². The first kappa shape index (κ1) is 23.3. The lowest BCUT2D eigenvalue weighted by Gasteiger charge is -2.11. The van der Waals surface area contributed by atoms with E-state index in [1.165, 1.54) is 11.1 Å². The first-order valence-corrected chi connectivity index (χ1v) is 12.6. The van der Waals surface area contributed by atoms with E-state index in [1.807, 2.05) is 0 Å². The van der Waals surface area contributed by atoms with E-state index in [4.69, 9.17) is 9.72 Å². The highest BCUT2D eigenvalue weighted by Crippen LogP contribution is 2.28. The smallest absolute Gasteiger partial charge is 0.223 e. The fraction of sp³-hybridized carbons (Fsp3) is 0.500. The van der Waals surface area contributed by atoms with Gasteiger partial charge in [0, 0.05) is 25.4 Å². The van der Waals surface area contributed by atoms with Crippen LogP contribution in [0.15, 0.2) is 48.5 Å². The van der Waals surface area contributed by atoms with Crippen molar-refractivity contribution in [3.05, 3.63) is 59.9 Å². The van der Waals surface area contributed by atoms with Crippen LogP contribution in [0.4, 0.5) is 0 Å². The van der Waals surface area contributed by atoms with Crippen LogP contribution in [-0.2, 0) is 17.8 Å². The van der Waals surface area contributed by atoms with Gasteiger partial charge >= 0.3 is 0 Å². The predicted octanol–water partition coefficient (Wildman–Crippen LogP) is 5.87. The summed E-state index contributed by atoms with van der Waals surface area (Å²) in [6, 6.07) is 16.8. The summed E-state index contributed by atoms with van der Waals surface area (Å²) in [4.78, 5) is 16.6. The van der Waals surface area contributed by atoms with E-state index in [2.05, 4.69) is 72.3 Å². The first-order chi connectivity index (χ1) is 16.1. The van der Waals surface area contributed by atoms with Crippen LogP contribution in [0.5, 0.6) is 5.75 Å². The van der Waals surface area contributed by atoms with Gasteiger partial charge in [0.1, 0.15) is 11.6 Å². The highest BCUT2D eigenvalue weighted by molar-refractivity contribution is 5.80. The number of ether oxygens (including phenoxy) is 1. The lowest BCUT2D eigenvalue weighted by Crippen LogP contribution is -2.25. The third-order valence-electron chi connectivity index (χ3n) is 6.40. The fourth-order valence-corrected chi connectivity index (χ4v) is 4.21. The van der Waals surface area contributed by atoms with Crippen molar-refractivity contribution in [2.24, 2.45) is 5.92 Å². The number of aromatic nitrogens is 2. The number of nitrogens with one attached hydrogen (secondary N) is 1. The normalized spacial score (nSPS) is 13.5. The van der Waals surface area contributed by atoms with E-state index in [0.717, 1.165) is 75.1 Å². The molecule has 0 bridgehead atoms. The molecule has 5 nitrogen and oxygen atoms in total. The zero-order chi connectivity index (χ0) is 23.0. The molecule has 1 aromatic heterocycles. The minimum Gasteiger partial charge on any atom is -0.494 e. The number of nitrogens with zero attached hydrogens (tertiary/aromatic N) is 2. The van der Waals surface area contributed by atoms with Gasteiger partial charge in [0.15, 0.2) is 0 Å². The number of carbonyl (C=O) groups is 1. The molecule has 2 aromatic carbocycles. The van der Waals surface area contributed by atoms with Crippen molar-refractivity contribution in [3.8, 4) is 5.75 Å². The number of aryl methyl sites for hydroxylation is 2. The van der Waals surface area contributed by atoms with Gasteiger partial charge in [-0.1, -0.05) is 44.5 Å². The predicted molar refractivity (Wildman–Crippen MR) is 134 cm³/mol. The molecule has 3 aromatic rings. The van der Waals surface area contributed by atoms with Gasteiger partial charge in [-0.2, -0.15) is 0 Å². The Morgan fingerprint density at radius 3 is 2.61 bits per heavy atom. The van der Waals surface area contributed by atoms with Gasteiger partial charge in [-0.3, -0.25) is 4.79 Å². The summed E-state index contributed by atoms with van der Waals surface area (Å²) in [7, 11) is 0. The largest absolute Gasteiger partial charge is 0.494 e. The van der Waals surface area contributed by atoms with E-state index in [9.17, 15) is 4.79 Å². The van der Waals surface area contributed by atoms with Gasteiger partial charge in [-0.15, -0.1) is 0 Å². The first-order valence-electron chi connectivity index (χ1n) is 12.6. The third kappa shape index (κ3) is 6.59. The Morgan fingerprint density at radius 1 is 1.06 bits per heavy atom. The second-order valence-corrected chi connectivity index (χ2v) is 9.47. The van der Waals surface area contributed by atoms with Crippen LogP contribution in [0.2, 0.25) is 0 Å². The summed E-state index contributed by atoms with van der Waals surface area (Å²) >= 11 is 0. The highest BCUT2D eigenvalue weighted by atomic mass is 16.5. The Hall–Kier alpha value is -2.82. The second kappa shape index (κ2) is 11.4. The van der Waals surface area contributed by atoms with Crippen LogP contribution in [-0.4, -0.2) is 28.6 Å². The van der Waals surface area contributed by atoms with Crippen molar-refractivity contribution in [2.45, 2.75) is 71.3 Å². The summed E-state index contributed by atoms with van der Waals surface area (Å²) < 4.78 is 8.35. The molecule has 1 aliphatic carbocycles. The molecule has 0 saturated heterocycles. The van der Waals surface area contributed by atoms with Gasteiger partial charge in [0.25, 0.3) is 0 Å². The summed E-state index contributed by atoms with van der Waals surface area (Å²) in [5.74, 6) is 3.17. The Balaban J connectivity index is 1.25. The van der Waals surface area contributed by atoms with Crippen molar-refractivity contribution in [1.82, 2.24) is 14.9 Å². The van der Waals surface area contributed by atoms with Crippen LogP contribution in [0, 0.1) is 5.92 Å². The van der Waals surface area contributed by atoms with E-state index < -0.39 is 0 Å². The van der Waals surface area contributed by atoms with Crippen molar-refractivity contribution in [3.63, 3.8) is 0 Å². The zero-order valence-electron chi connectivity index (χ0n) is 20.1.